The van der Waals surface area contributed by atoms with Crippen molar-refractivity contribution >= 4 is 82.0 Å². The van der Waals surface area contributed by atoms with Gasteiger partial charge in [-0.3, -0.25) is 29.0 Å². The van der Waals surface area contributed by atoms with E-state index in [1.54, 1.807) is 9.80 Å². The normalized spacial score (nSPS) is 16.1. The van der Waals surface area contributed by atoms with Crippen LogP contribution in [0.2, 0.25) is 20.1 Å². The summed E-state index contributed by atoms with van der Waals surface area (Å²) in [6, 6.07) is 8.89. The Morgan fingerprint density at radius 2 is 0.935 bits per heavy atom. The Kier molecular flexibility index (Phi) is 12.4. The van der Waals surface area contributed by atoms with Crippen LogP contribution < -0.4 is 9.47 Å². The number of imide groups is 2. The van der Waals surface area contributed by atoms with Crippen LogP contribution >= 0.6 is 46.4 Å². The zero-order valence-electron chi connectivity index (χ0n) is 23.9. The molecule has 2 aliphatic rings. The zero-order chi connectivity index (χ0) is 33.4. The lowest BCUT2D eigenvalue weighted by Crippen LogP contribution is -2.58. The van der Waals surface area contributed by atoms with Gasteiger partial charge in [-0.25, -0.2) is 19.4 Å². The van der Waals surface area contributed by atoms with Crippen molar-refractivity contribution in [1.82, 2.24) is 19.6 Å². The number of benzene rings is 2. The average molecular weight is 720 g/mol. The van der Waals surface area contributed by atoms with Gasteiger partial charge in [0.2, 0.25) is 23.6 Å². The van der Waals surface area contributed by atoms with E-state index in [2.05, 4.69) is 0 Å². The van der Waals surface area contributed by atoms with Crippen molar-refractivity contribution in [1.29, 1.82) is 0 Å². The summed E-state index contributed by atoms with van der Waals surface area (Å²) < 4.78 is 20.6. The summed E-state index contributed by atoms with van der Waals surface area (Å²) in [6.45, 7) is -2.40. The number of piperazine rings is 2. The van der Waals surface area contributed by atoms with E-state index in [9.17, 15) is 28.8 Å². The number of halogens is 4. The first kappa shape index (κ1) is 35.2. The first-order chi connectivity index (χ1) is 21.9. The summed E-state index contributed by atoms with van der Waals surface area (Å²) in [5, 5.41) is 1.17. The molecule has 0 bridgehead atoms. The van der Waals surface area contributed by atoms with Crippen molar-refractivity contribution in [2.45, 2.75) is 0 Å². The summed E-state index contributed by atoms with van der Waals surface area (Å²) in [6.07, 6.45) is 0. The predicted molar refractivity (Wildman–Crippen MR) is 162 cm³/mol. The van der Waals surface area contributed by atoms with E-state index in [1.165, 1.54) is 36.4 Å². The Labute approximate surface area is 282 Å². The van der Waals surface area contributed by atoms with Gasteiger partial charge in [0.15, 0.2) is 26.7 Å². The molecule has 4 rings (SSSR count). The van der Waals surface area contributed by atoms with Gasteiger partial charge in [0.25, 0.3) is 0 Å². The molecule has 0 aliphatic carbocycles. The Bertz CT molecular complexity index is 1380. The SMILES string of the molecule is O=C(COc1ccc(Cl)cc1Cl)OCN1C(=O)CN(CCN2CC(=O)N(COC(=O)COc3ccc(Cl)cc3Cl)C(=O)C2)CC1=O. The second-order valence-electron chi connectivity index (χ2n) is 9.87. The molecular formula is C28H26Cl4N4O10. The van der Waals surface area contributed by atoms with Gasteiger partial charge in [-0.2, -0.15) is 0 Å². The first-order valence-electron chi connectivity index (χ1n) is 13.5. The highest BCUT2D eigenvalue weighted by molar-refractivity contribution is 6.36. The third kappa shape index (κ3) is 9.92. The molecule has 18 heteroatoms. The van der Waals surface area contributed by atoms with Crippen LogP contribution in [0, 0.1) is 0 Å². The van der Waals surface area contributed by atoms with Gasteiger partial charge >= 0.3 is 11.9 Å². The van der Waals surface area contributed by atoms with E-state index in [0.29, 0.717) is 10.0 Å². The number of ether oxygens (including phenoxy) is 4. The van der Waals surface area contributed by atoms with E-state index in [1.807, 2.05) is 0 Å². The second-order valence-corrected chi connectivity index (χ2v) is 11.6. The third-order valence-electron chi connectivity index (χ3n) is 6.56. The molecule has 0 N–H and O–H groups in total. The second kappa shape index (κ2) is 16.3. The highest BCUT2D eigenvalue weighted by Crippen LogP contribution is 2.28. The predicted octanol–water partition coefficient (Wildman–Crippen LogP) is 2.10. The number of rotatable bonds is 13. The van der Waals surface area contributed by atoms with Crippen molar-refractivity contribution in [3.05, 3.63) is 56.5 Å². The summed E-state index contributed by atoms with van der Waals surface area (Å²) in [5.41, 5.74) is 0. The van der Waals surface area contributed by atoms with E-state index in [-0.39, 0.29) is 60.8 Å². The maximum absolute atomic E-state index is 12.6. The molecule has 2 aromatic rings. The molecule has 2 aliphatic heterocycles. The number of carbonyl (C=O) groups is 6. The van der Waals surface area contributed by atoms with Gasteiger partial charge in [-0.05, 0) is 36.4 Å². The number of carbonyl (C=O) groups excluding carboxylic acids is 6. The van der Waals surface area contributed by atoms with Crippen LogP contribution in [0.25, 0.3) is 0 Å². The van der Waals surface area contributed by atoms with Crippen LogP contribution in [0.1, 0.15) is 0 Å². The Balaban J connectivity index is 1.14. The minimum absolute atomic E-state index is 0.152. The fourth-order valence-corrected chi connectivity index (χ4v) is 5.12. The molecule has 2 fully saturated rings. The molecule has 14 nitrogen and oxygen atoms in total. The van der Waals surface area contributed by atoms with E-state index >= 15 is 0 Å². The van der Waals surface area contributed by atoms with Gasteiger partial charge in [0.1, 0.15) is 11.5 Å². The summed E-state index contributed by atoms with van der Waals surface area (Å²) in [7, 11) is 0. The molecule has 0 aromatic heterocycles. The molecule has 4 amide bonds. The van der Waals surface area contributed by atoms with Gasteiger partial charge in [-0.15, -0.1) is 0 Å². The van der Waals surface area contributed by atoms with Crippen molar-refractivity contribution in [3.8, 4) is 11.5 Å². The molecule has 0 radical (unpaired) electrons. The Hall–Kier alpha value is -3.66. The number of hydrogen-bond donors (Lipinski definition) is 0. The number of amides is 4. The topological polar surface area (TPSA) is 152 Å². The highest BCUT2D eigenvalue weighted by Gasteiger charge is 2.34. The van der Waals surface area contributed by atoms with Crippen LogP contribution in [0.5, 0.6) is 11.5 Å². The largest absolute Gasteiger partial charge is 0.480 e. The summed E-state index contributed by atoms with van der Waals surface area (Å²) in [4.78, 5) is 79.2. The van der Waals surface area contributed by atoms with Gasteiger partial charge in [-0.1, -0.05) is 46.4 Å². The quantitative estimate of drug-likeness (QED) is 0.220. The minimum atomic E-state index is -0.825. The maximum Gasteiger partial charge on any atom is 0.345 e. The van der Waals surface area contributed by atoms with Crippen molar-refractivity contribution in [2.24, 2.45) is 0 Å². The average Bonchev–Trinajstić information content (AvgIpc) is 2.98. The van der Waals surface area contributed by atoms with E-state index in [0.717, 1.165) is 9.80 Å². The van der Waals surface area contributed by atoms with Gasteiger partial charge in [0, 0.05) is 23.1 Å². The molecule has 2 saturated heterocycles. The molecule has 46 heavy (non-hydrogen) atoms. The van der Waals surface area contributed by atoms with Crippen LogP contribution in [-0.4, -0.2) is 121 Å². The van der Waals surface area contributed by atoms with Crippen LogP contribution in [0.15, 0.2) is 36.4 Å². The molecule has 0 spiro atoms. The van der Waals surface area contributed by atoms with Crippen LogP contribution in [0.3, 0.4) is 0 Å². The van der Waals surface area contributed by atoms with Crippen molar-refractivity contribution < 1.29 is 47.7 Å². The summed E-state index contributed by atoms with van der Waals surface area (Å²) in [5.74, 6) is -3.60. The first-order valence-corrected chi connectivity index (χ1v) is 15.0. The van der Waals surface area contributed by atoms with Gasteiger partial charge in [0.05, 0.1) is 36.2 Å². The summed E-state index contributed by atoms with van der Waals surface area (Å²) >= 11 is 23.6. The molecule has 2 heterocycles. The van der Waals surface area contributed by atoms with Crippen molar-refractivity contribution in [3.63, 3.8) is 0 Å². The zero-order valence-corrected chi connectivity index (χ0v) is 26.9. The van der Waals surface area contributed by atoms with Gasteiger partial charge < -0.3 is 18.9 Å². The molecule has 0 saturated carbocycles. The third-order valence-corrected chi connectivity index (χ3v) is 7.62. The maximum atomic E-state index is 12.6. The van der Waals surface area contributed by atoms with E-state index < -0.39 is 62.2 Å². The molecular weight excluding hydrogens is 694 g/mol. The lowest BCUT2D eigenvalue weighted by atomic mass is 10.2. The minimum Gasteiger partial charge on any atom is -0.480 e. The van der Waals surface area contributed by atoms with Crippen molar-refractivity contribution in [2.75, 3.05) is 65.9 Å². The molecule has 2 aromatic carbocycles. The number of hydrogen-bond acceptors (Lipinski definition) is 12. The van der Waals surface area contributed by atoms with Crippen LogP contribution in [0.4, 0.5) is 0 Å². The Morgan fingerprint density at radius 1 is 0.587 bits per heavy atom. The standard InChI is InChI=1S/C28H26Cl4N4O10/c29-17-1-3-21(19(31)7-17)43-13-27(41)45-15-35-23(37)9-33(10-24(35)38)5-6-34-11-25(39)36(26(40)12-34)16-46-28(42)14-44-22-4-2-18(30)8-20(22)32/h1-4,7-8H,5-6,9-16H2. The Morgan fingerprint density at radius 3 is 1.26 bits per heavy atom. The molecule has 0 atom stereocenters. The molecule has 246 valence electrons. The molecule has 0 unspecified atom stereocenters. The monoisotopic (exact) mass is 718 g/mol. The number of esters is 2. The highest BCUT2D eigenvalue weighted by atomic mass is 35.5. The number of nitrogens with zero attached hydrogens (tertiary/aromatic N) is 4. The smallest absolute Gasteiger partial charge is 0.345 e. The lowest BCUT2D eigenvalue weighted by molar-refractivity contribution is -0.167. The van der Waals surface area contributed by atoms with E-state index in [4.69, 9.17) is 65.4 Å². The lowest BCUT2D eigenvalue weighted by Gasteiger charge is -2.35. The van der Waals surface area contributed by atoms with Crippen LogP contribution in [-0.2, 0) is 38.2 Å². The fraction of sp³-hybridized carbons (Fsp3) is 0.357. The fourth-order valence-electron chi connectivity index (χ4n) is 4.20.